The number of nitrogens with one attached hydrogen (secondary N) is 1. The van der Waals surface area contributed by atoms with E-state index >= 15 is 0 Å². The second-order valence-corrected chi connectivity index (χ2v) is 9.20. The van der Waals surface area contributed by atoms with Gasteiger partial charge in [0.05, 0.1) is 12.2 Å². The zero-order valence-corrected chi connectivity index (χ0v) is 20.7. The minimum absolute atomic E-state index is 0.0650. The predicted octanol–water partition coefficient (Wildman–Crippen LogP) is 2.32. The van der Waals surface area contributed by atoms with Crippen LogP contribution >= 0.6 is 0 Å². The molecule has 1 fully saturated rings. The van der Waals surface area contributed by atoms with Crippen LogP contribution in [0.25, 0.3) is 0 Å². The minimum Gasteiger partial charge on any atom is -0.459 e. The van der Waals surface area contributed by atoms with Crippen LogP contribution in [0.4, 0.5) is 5.82 Å². The summed E-state index contributed by atoms with van der Waals surface area (Å²) in [6.07, 6.45) is 0.681. The number of anilines is 1. The number of benzene rings is 2. The third-order valence-corrected chi connectivity index (χ3v) is 6.18. The molecule has 2 N–H and O–H groups in total. The number of ether oxygens (including phenoxy) is 2. The molecular formula is C27H30N4O6. The van der Waals surface area contributed by atoms with E-state index in [-0.39, 0.29) is 24.4 Å². The number of morpholine rings is 1. The molecule has 0 aliphatic carbocycles. The van der Waals surface area contributed by atoms with Gasteiger partial charge in [0.1, 0.15) is 18.0 Å². The van der Waals surface area contributed by atoms with Gasteiger partial charge in [0.2, 0.25) is 0 Å². The fourth-order valence-corrected chi connectivity index (χ4v) is 4.08. The maximum absolute atomic E-state index is 12.9. The largest absolute Gasteiger partial charge is 0.459 e. The lowest BCUT2D eigenvalue weighted by atomic mass is 10.0. The van der Waals surface area contributed by atoms with Crippen molar-refractivity contribution in [3.63, 3.8) is 0 Å². The maximum Gasteiger partial charge on any atom is 0.351 e. The zero-order chi connectivity index (χ0) is 26.4. The molecule has 1 aliphatic heterocycles. The number of esters is 1. The predicted molar refractivity (Wildman–Crippen MR) is 136 cm³/mol. The molecule has 1 amide bonds. The number of hydrogen-bond acceptors (Lipinski definition) is 8. The lowest BCUT2D eigenvalue weighted by Crippen LogP contribution is -2.60. The number of hydrogen-bond donors (Lipinski definition) is 2. The lowest BCUT2D eigenvalue weighted by molar-refractivity contribution is -0.218. The minimum atomic E-state index is -1.25. The number of rotatable bonds is 8. The van der Waals surface area contributed by atoms with Crippen molar-refractivity contribution in [1.82, 2.24) is 14.5 Å². The normalized spacial score (nSPS) is 19.9. The summed E-state index contributed by atoms with van der Waals surface area (Å²) in [5, 5.41) is 12.9. The van der Waals surface area contributed by atoms with Crippen LogP contribution in [0.15, 0.2) is 77.7 Å². The molecule has 10 nitrogen and oxygen atoms in total. The third kappa shape index (κ3) is 6.29. The van der Waals surface area contributed by atoms with Crippen molar-refractivity contribution in [3.8, 4) is 0 Å². The van der Waals surface area contributed by atoms with Gasteiger partial charge >= 0.3 is 11.7 Å². The van der Waals surface area contributed by atoms with Crippen molar-refractivity contribution >= 4 is 17.7 Å². The Bertz CT molecular complexity index is 1280. The van der Waals surface area contributed by atoms with E-state index in [0.717, 1.165) is 0 Å². The smallest absolute Gasteiger partial charge is 0.351 e. The molecule has 2 aromatic carbocycles. The Morgan fingerprint density at radius 1 is 1.11 bits per heavy atom. The van der Waals surface area contributed by atoms with E-state index < -0.39 is 30.1 Å². The Hall–Kier alpha value is -3.86. The molecule has 2 atom stereocenters. The Balaban J connectivity index is 1.52. The number of amides is 1. The van der Waals surface area contributed by atoms with Gasteiger partial charge in [-0.3, -0.25) is 14.3 Å². The first-order chi connectivity index (χ1) is 17.8. The molecule has 4 rings (SSSR count). The summed E-state index contributed by atoms with van der Waals surface area (Å²) in [7, 11) is 0. The Labute approximate surface area is 214 Å². The molecule has 0 spiro atoms. The van der Waals surface area contributed by atoms with E-state index in [0.29, 0.717) is 24.2 Å². The lowest BCUT2D eigenvalue weighted by Gasteiger charge is -2.46. The fraction of sp³-hybridized carbons (Fsp3) is 0.333. The first kappa shape index (κ1) is 26.2. The Kier molecular flexibility index (Phi) is 8.12. The van der Waals surface area contributed by atoms with Crippen LogP contribution in [-0.2, 0) is 9.47 Å². The van der Waals surface area contributed by atoms with Crippen molar-refractivity contribution in [2.75, 3.05) is 31.6 Å². The summed E-state index contributed by atoms with van der Waals surface area (Å²) in [6.45, 7) is 4.00. The summed E-state index contributed by atoms with van der Waals surface area (Å²) >= 11 is 0. The average molecular weight is 507 g/mol. The van der Waals surface area contributed by atoms with Gasteiger partial charge in [-0.05, 0) is 44.2 Å². The topological polar surface area (TPSA) is 123 Å². The number of carbonyl (C=O) groups is 2. The highest BCUT2D eigenvalue weighted by Gasteiger charge is 2.43. The van der Waals surface area contributed by atoms with Gasteiger partial charge in [-0.25, -0.2) is 9.59 Å². The first-order valence-electron chi connectivity index (χ1n) is 12.0. The van der Waals surface area contributed by atoms with Crippen molar-refractivity contribution < 1.29 is 24.2 Å². The molecule has 1 saturated heterocycles. The van der Waals surface area contributed by atoms with Gasteiger partial charge in [-0.15, -0.1) is 0 Å². The summed E-state index contributed by atoms with van der Waals surface area (Å²) in [6, 6.07) is 18.7. The highest BCUT2D eigenvalue weighted by Crippen LogP contribution is 2.29. The molecule has 194 valence electrons. The van der Waals surface area contributed by atoms with Crippen LogP contribution in [0.2, 0.25) is 0 Å². The quantitative estimate of drug-likeness (QED) is 0.447. The SMILES string of the molecule is CC(C)N1C[C@H](n2ccc(NC(=O)c3ccccc3)nc2=O)O[C@](CO)(COC(=O)c2ccccc2)C1. The van der Waals surface area contributed by atoms with E-state index in [9.17, 15) is 19.5 Å². The Morgan fingerprint density at radius 2 is 1.76 bits per heavy atom. The second-order valence-electron chi connectivity index (χ2n) is 9.20. The molecule has 0 radical (unpaired) electrons. The van der Waals surface area contributed by atoms with Crippen LogP contribution in [0.1, 0.15) is 40.8 Å². The van der Waals surface area contributed by atoms with Crippen LogP contribution in [0.3, 0.4) is 0 Å². The molecular weight excluding hydrogens is 476 g/mol. The summed E-state index contributed by atoms with van der Waals surface area (Å²) in [5.74, 6) is -0.811. The maximum atomic E-state index is 12.9. The second kappa shape index (κ2) is 11.5. The van der Waals surface area contributed by atoms with Gasteiger partial charge in [0, 0.05) is 30.9 Å². The van der Waals surface area contributed by atoms with E-state index in [2.05, 4.69) is 10.3 Å². The molecule has 3 aromatic rings. The summed E-state index contributed by atoms with van der Waals surface area (Å²) < 4.78 is 13.0. The van der Waals surface area contributed by atoms with Gasteiger partial charge in [-0.1, -0.05) is 36.4 Å². The van der Waals surface area contributed by atoms with Crippen molar-refractivity contribution in [2.45, 2.75) is 31.7 Å². The highest BCUT2D eigenvalue weighted by atomic mass is 16.6. The van der Waals surface area contributed by atoms with Crippen LogP contribution in [-0.4, -0.2) is 69.4 Å². The number of carbonyl (C=O) groups excluding carboxylic acids is 2. The monoisotopic (exact) mass is 506 g/mol. The van der Waals surface area contributed by atoms with Gasteiger partial charge in [0.25, 0.3) is 5.91 Å². The average Bonchev–Trinajstić information content (AvgIpc) is 2.92. The molecule has 10 heteroatoms. The Morgan fingerprint density at radius 3 is 2.35 bits per heavy atom. The number of aliphatic hydroxyl groups is 1. The zero-order valence-electron chi connectivity index (χ0n) is 20.7. The molecule has 0 saturated carbocycles. The van der Waals surface area contributed by atoms with Crippen molar-refractivity contribution in [1.29, 1.82) is 0 Å². The van der Waals surface area contributed by atoms with Crippen LogP contribution in [0, 0.1) is 0 Å². The van der Waals surface area contributed by atoms with Gasteiger partial charge < -0.3 is 19.9 Å². The first-order valence-corrected chi connectivity index (χ1v) is 12.0. The molecule has 2 heterocycles. The number of aromatic nitrogens is 2. The molecule has 0 bridgehead atoms. The molecule has 1 aromatic heterocycles. The summed E-state index contributed by atoms with van der Waals surface area (Å²) in [5.41, 5.74) is -1.06. The van der Waals surface area contributed by atoms with E-state index in [1.165, 1.54) is 16.8 Å². The van der Waals surface area contributed by atoms with Crippen molar-refractivity contribution in [2.24, 2.45) is 0 Å². The van der Waals surface area contributed by atoms with E-state index in [1.807, 2.05) is 18.7 Å². The van der Waals surface area contributed by atoms with E-state index in [4.69, 9.17) is 9.47 Å². The number of aliphatic hydroxyl groups excluding tert-OH is 1. The van der Waals surface area contributed by atoms with Gasteiger partial charge in [0.15, 0.2) is 6.23 Å². The molecule has 37 heavy (non-hydrogen) atoms. The summed E-state index contributed by atoms with van der Waals surface area (Å²) in [4.78, 5) is 43.9. The van der Waals surface area contributed by atoms with Crippen LogP contribution in [0.5, 0.6) is 0 Å². The molecule has 1 aliphatic rings. The third-order valence-electron chi connectivity index (χ3n) is 6.18. The number of nitrogens with zero attached hydrogens (tertiary/aromatic N) is 3. The van der Waals surface area contributed by atoms with Crippen molar-refractivity contribution in [3.05, 3.63) is 94.5 Å². The van der Waals surface area contributed by atoms with E-state index in [1.54, 1.807) is 60.7 Å². The highest BCUT2D eigenvalue weighted by molar-refractivity contribution is 6.03. The fourth-order valence-electron chi connectivity index (χ4n) is 4.08. The van der Waals surface area contributed by atoms with Gasteiger partial charge in [-0.2, -0.15) is 4.98 Å². The van der Waals surface area contributed by atoms with Crippen LogP contribution < -0.4 is 11.0 Å². The molecule has 0 unspecified atom stereocenters. The standard InChI is InChI=1S/C27H30N4O6/c1-19(2)30-15-23(37-27(16-30,17-32)18-36-25(34)21-11-7-4-8-12-21)31-14-13-22(29-26(31)35)28-24(33)20-9-5-3-6-10-20/h3-14,19,23,32H,15-18H2,1-2H3,(H,28,29,33,35)/t23-,27-/m1/s1.